The number of benzene rings is 1. The van der Waals surface area contributed by atoms with Gasteiger partial charge in [0.05, 0.1) is 0 Å². The number of carbonyl (C=O) groups excluding carboxylic acids is 1. The molecule has 0 N–H and O–H groups in total. The van der Waals surface area contributed by atoms with Gasteiger partial charge in [0.25, 0.3) is 11.7 Å². The Hall–Kier alpha value is -2.76. The smallest absolute Gasteiger partial charge is 0.298 e. The number of fused-ring (bicyclic) bond motifs is 2. The lowest BCUT2D eigenvalue weighted by Crippen LogP contribution is -2.36. The summed E-state index contributed by atoms with van der Waals surface area (Å²) in [6.45, 7) is 8.91. The maximum absolute atomic E-state index is 13.1. The van der Waals surface area contributed by atoms with E-state index in [2.05, 4.69) is 47.1 Å². The second kappa shape index (κ2) is 6.20. The van der Waals surface area contributed by atoms with Gasteiger partial charge in [-0.05, 0) is 55.9 Å². The Morgan fingerprint density at radius 1 is 1.15 bits per heavy atom. The van der Waals surface area contributed by atoms with Gasteiger partial charge in [-0.15, -0.1) is 5.10 Å². The lowest BCUT2D eigenvalue weighted by molar-refractivity contribution is 0.0975. The first-order valence-electron chi connectivity index (χ1n) is 9.10. The van der Waals surface area contributed by atoms with Crippen LogP contribution in [0.5, 0.6) is 0 Å². The molecule has 0 fully saturated rings. The average Bonchev–Trinajstić information content (AvgIpc) is 3.04. The lowest BCUT2D eigenvalue weighted by Gasteiger charge is -2.29. The van der Waals surface area contributed by atoms with E-state index in [1.165, 1.54) is 11.1 Å². The highest BCUT2D eigenvalue weighted by Crippen LogP contribution is 2.31. The van der Waals surface area contributed by atoms with Gasteiger partial charge >= 0.3 is 0 Å². The van der Waals surface area contributed by atoms with Crippen molar-refractivity contribution in [1.82, 2.24) is 19.6 Å². The summed E-state index contributed by atoms with van der Waals surface area (Å²) in [6, 6.07) is 8.33. The standard InChI is InChI=1S/C20H23N5O/c1-12(2)15-7-8-17-16(11-15)6-5-9-24(17)19(26)18-22-20-21-13(3)10-14(4)25(20)23-18/h7-8,10-12H,5-6,9H2,1-4H3. The van der Waals surface area contributed by atoms with E-state index >= 15 is 0 Å². The summed E-state index contributed by atoms with van der Waals surface area (Å²) in [5.41, 5.74) is 5.29. The topological polar surface area (TPSA) is 63.4 Å². The number of rotatable bonds is 2. The van der Waals surface area contributed by atoms with Crippen molar-refractivity contribution in [2.24, 2.45) is 0 Å². The highest BCUT2D eigenvalue weighted by atomic mass is 16.2. The highest BCUT2D eigenvalue weighted by molar-refractivity contribution is 6.04. The zero-order chi connectivity index (χ0) is 18.4. The van der Waals surface area contributed by atoms with Crippen LogP contribution in [0.15, 0.2) is 24.3 Å². The highest BCUT2D eigenvalue weighted by Gasteiger charge is 2.27. The van der Waals surface area contributed by atoms with E-state index in [1.54, 1.807) is 9.42 Å². The molecule has 134 valence electrons. The van der Waals surface area contributed by atoms with Crippen LogP contribution in [0.2, 0.25) is 0 Å². The first-order valence-corrected chi connectivity index (χ1v) is 9.10. The van der Waals surface area contributed by atoms with Crippen LogP contribution in [0.3, 0.4) is 0 Å². The van der Waals surface area contributed by atoms with Crippen LogP contribution in [0.1, 0.15) is 59.3 Å². The zero-order valence-electron chi connectivity index (χ0n) is 15.7. The molecule has 26 heavy (non-hydrogen) atoms. The van der Waals surface area contributed by atoms with E-state index in [0.29, 0.717) is 18.2 Å². The molecule has 0 saturated heterocycles. The van der Waals surface area contributed by atoms with Gasteiger partial charge in [0.1, 0.15) is 0 Å². The number of hydrogen-bond donors (Lipinski definition) is 0. The van der Waals surface area contributed by atoms with Crippen molar-refractivity contribution >= 4 is 17.4 Å². The van der Waals surface area contributed by atoms with Gasteiger partial charge in [-0.2, -0.15) is 4.98 Å². The minimum Gasteiger partial charge on any atom is -0.305 e. The van der Waals surface area contributed by atoms with E-state index < -0.39 is 0 Å². The Kier molecular flexibility index (Phi) is 3.98. The van der Waals surface area contributed by atoms with E-state index in [-0.39, 0.29) is 11.7 Å². The number of aryl methyl sites for hydroxylation is 3. The van der Waals surface area contributed by atoms with Gasteiger partial charge in [-0.25, -0.2) is 9.50 Å². The molecule has 0 aliphatic carbocycles. The Labute approximate surface area is 152 Å². The molecule has 6 heteroatoms. The molecule has 6 nitrogen and oxygen atoms in total. The predicted molar refractivity (Wildman–Crippen MR) is 101 cm³/mol. The molecular formula is C20H23N5O. The second-order valence-electron chi connectivity index (χ2n) is 7.29. The largest absolute Gasteiger partial charge is 0.305 e. The van der Waals surface area contributed by atoms with E-state index in [0.717, 1.165) is 29.9 Å². The molecule has 0 saturated carbocycles. The number of amides is 1. The number of hydrogen-bond acceptors (Lipinski definition) is 4. The molecule has 0 bridgehead atoms. The Balaban J connectivity index is 1.73. The Bertz CT molecular complexity index is 1000. The first kappa shape index (κ1) is 16.7. The molecular weight excluding hydrogens is 326 g/mol. The molecule has 1 aliphatic rings. The SMILES string of the molecule is Cc1cc(C)n2nc(C(=O)N3CCCc4cc(C(C)C)ccc43)nc2n1. The van der Waals surface area contributed by atoms with Gasteiger partial charge < -0.3 is 4.90 Å². The molecule has 0 radical (unpaired) electrons. The fraction of sp³-hybridized carbons (Fsp3) is 0.400. The normalized spacial score (nSPS) is 14.1. The third-order valence-electron chi connectivity index (χ3n) is 4.94. The number of carbonyl (C=O) groups is 1. The van der Waals surface area contributed by atoms with Crippen LogP contribution >= 0.6 is 0 Å². The summed E-state index contributed by atoms with van der Waals surface area (Å²) in [5.74, 6) is 0.986. The molecule has 2 aromatic heterocycles. The number of nitrogens with zero attached hydrogens (tertiary/aromatic N) is 5. The molecule has 3 aromatic rings. The number of aromatic nitrogens is 4. The van der Waals surface area contributed by atoms with E-state index in [9.17, 15) is 4.79 Å². The third-order valence-corrected chi connectivity index (χ3v) is 4.94. The van der Waals surface area contributed by atoms with Crippen molar-refractivity contribution in [1.29, 1.82) is 0 Å². The molecule has 0 spiro atoms. The quantitative estimate of drug-likeness (QED) is 0.711. The molecule has 3 heterocycles. The van der Waals surface area contributed by atoms with Gasteiger partial charge in [0.2, 0.25) is 5.82 Å². The third kappa shape index (κ3) is 2.75. The zero-order valence-corrected chi connectivity index (χ0v) is 15.7. The fourth-order valence-electron chi connectivity index (χ4n) is 3.56. The molecule has 0 unspecified atom stereocenters. The fourth-order valence-corrected chi connectivity index (χ4v) is 3.56. The van der Waals surface area contributed by atoms with Crippen molar-refractivity contribution in [2.45, 2.75) is 46.5 Å². The summed E-state index contributed by atoms with van der Waals surface area (Å²) >= 11 is 0. The van der Waals surface area contributed by atoms with Crippen LogP contribution in [-0.2, 0) is 6.42 Å². The van der Waals surface area contributed by atoms with Crippen molar-refractivity contribution in [3.05, 3.63) is 52.6 Å². The van der Waals surface area contributed by atoms with Crippen LogP contribution in [-0.4, -0.2) is 32.0 Å². The maximum atomic E-state index is 13.1. The monoisotopic (exact) mass is 349 g/mol. The molecule has 4 rings (SSSR count). The summed E-state index contributed by atoms with van der Waals surface area (Å²) in [4.78, 5) is 23.7. The van der Waals surface area contributed by atoms with Gasteiger partial charge in [0, 0.05) is 23.6 Å². The lowest BCUT2D eigenvalue weighted by atomic mass is 9.95. The minimum atomic E-state index is -0.161. The maximum Gasteiger partial charge on any atom is 0.298 e. The van der Waals surface area contributed by atoms with Crippen LogP contribution < -0.4 is 4.90 Å². The molecule has 0 atom stereocenters. The van der Waals surface area contributed by atoms with Crippen LogP contribution in [0, 0.1) is 13.8 Å². The molecule has 1 aliphatic heterocycles. The number of anilines is 1. The predicted octanol–water partition coefficient (Wildman–Crippen LogP) is 3.46. The average molecular weight is 349 g/mol. The second-order valence-corrected chi connectivity index (χ2v) is 7.29. The van der Waals surface area contributed by atoms with Crippen LogP contribution in [0.25, 0.3) is 5.78 Å². The van der Waals surface area contributed by atoms with Crippen molar-refractivity contribution in [3.63, 3.8) is 0 Å². The summed E-state index contributed by atoms with van der Waals surface area (Å²) in [7, 11) is 0. The van der Waals surface area contributed by atoms with E-state index in [1.807, 2.05) is 19.9 Å². The van der Waals surface area contributed by atoms with Gasteiger partial charge in [0.15, 0.2) is 0 Å². The summed E-state index contributed by atoms with van der Waals surface area (Å²) < 4.78 is 1.63. The first-order chi connectivity index (χ1) is 12.4. The minimum absolute atomic E-state index is 0.161. The summed E-state index contributed by atoms with van der Waals surface area (Å²) in [6.07, 6.45) is 1.95. The summed E-state index contributed by atoms with van der Waals surface area (Å²) in [5, 5.41) is 4.40. The van der Waals surface area contributed by atoms with Crippen molar-refractivity contribution in [3.8, 4) is 0 Å². The Morgan fingerprint density at radius 2 is 1.96 bits per heavy atom. The Morgan fingerprint density at radius 3 is 2.73 bits per heavy atom. The van der Waals surface area contributed by atoms with Crippen LogP contribution in [0.4, 0.5) is 5.69 Å². The van der Waals surface area contributed by atoms with Crippen molar-refractivity contribution in [2.75, 3.05) is 11.4 Å². The van der Waals surface area contributed by atoms with Gasteiger partial charge in [-0.1, -0.05) is 26.0 Å². The van der Waals surface area contributed by atoms with Gasteiger partial charge in [-0.3, -0.25) is 4.79 Å². The van der Waals surface area contributed by atoms with E-state index in [4.69, 9.17) is 0 Å². The molecule has 1 aromatic carbocycles. The molecule has 1 amide bonds. The van der Waals surface area contributed by atoms with Crippen molar-refractivity contribution < 1.29 is 4.79 Å².